The molecule has 96 valence electrons. The standard InChI is InChI=1S/C14H18N2O2/c17-14(16-9-11-8-15-5-6-18-11)13-7-10-3-1-2-4-12(10)13/h1-4,11,13,15H,5-9H2,(H,16,17). The molecule has 0 aromatic heterocycles. The Bertz CT molecular complexity index is 441. The number of benzene rings is 1. The van der Waals surface area contributed by atoms with E-state index < -0.39 is 0 Å². The third kappa shape index (κ3) is 2.26. The summed E-state index contributed by atoms with van der Waals surface area (Å²) < 4.78 is 5.55. The lowest BCUT2D eigenvalue weighted by atomic mass is 9.77. The van der Waals surface area contributed by atoms with Crippen LogP contribution in [-0.2, 0) is 16.0 Å². The number of amides is 1. The smallest absolute Gasteiger partial charge is 0.227 e. The Labute approximate surface area is 107 Å². The first kappa shape index (κ1) is 11.7. The van der Waals surface area contributed by atoms with Gasteiger partial charge in [-0.1, -0.05) is 24.3 Å². The molecular formula is C14H18N2O2. The number of nitrogens with one attached hydrogen (secondary N) is 2. The quantitative estimate of drug-likeness (QED) is 0.813. The zero-order chi connectivity index (χ0) is 12.4. The molecule has 2 unspecified atom stereocenters. The van der Waals surface area contributed by atoms with Gasteiger partial charge in [0.25, 0.3) is 0 Å². The second-order valence-corrected chi connectivity index (χ2v) is 4.90. The van der Waals surface area contributed by atoms with Crippen LogP contribution in [0.2, 0.25) is 0 Å². The van der Waals surface area contributed by atoms with E-state index in [2.05, 4.69) is 16.7 Å². The Kier molecular flexibility index (Phi) is 3.30. The average Bonchev–Trinajstić information content (AvgIpc) is 2.39. The normalized spacial score (nSPS) is 26.0. The number of ether oxygens (including phenoxy) is 1. The van der Waals surface area contributed by atoms with Gasteiger partial charge in [-0.3, -0.25) is 4.79 Å². The summed E-state index contributed by atoms with van der Waals surface area (Å²) in [6.45, 7) is 3.05. The lowest BCUT2D eigenvalue weighted by Gasteiger charge is -2.30. The molecule has 1 fully saturated rings. The van der Waals surface area contributed by atoms with Crippen LogP contribution in [-0.4, -0.2) is 38.3 Å². The van der Waals surface area contributed by atoms with E-state index in [-0.39, 0.29) is 17.9 Å². The molecule has 0 saturated carbocycles. The van der Waals surface area contributed by atoms with Gasteiger partial charge in [-0.25, -0.2) is 0 Å². The Morgan fingerprint density at radius 2 is 2.33 bits per heavy atom. The van der Waals surface area contributed by atoms with E-state index in [9.17, 15) is 4.79 Å². The molecule has 1 aliphatic heterocycles. The van der Waals surface area contributed by atoms with Crippen molar-refractivity contribution in [3.05, 3.63) is 35.4 Å². The van der Waals surface area contributed by atoms with Crippen molar-refractivity contribution in [2.24, 2.45) is 0 Å². The third-order valence-electron chi connectivity index (χ3n) is 3.68. The van der Waals surface area contributed by atoms with Crippen LogP contribution < -0.4 is 10.6 Å². The van der Waals surface area contributed by atoms with Crippen LogP contribution in [0.3, 0.4) is 0 Å². The average molecular weight is 246 g/mol. The van der Waals surface area contributed by atoms with E-state index in [1.807, 2.05) is 18.2 Å². The summed E-state index contributed by atoms with van der Waals surface area (Å²) in [6.07, 6.45) is 0.976. The van der Waals surface area contributed by atoms with E-state index >= 15 is 0 Å². The van der Waals surface area contributed by atoms with Crippen molar-refractivity contribution in [1.82, 2.24) is 10.6 Å². The van der Waals surface area contributed by atoms with Gasteiger partial charge in [0.1, 0.15) is 0 Å². The van der Waals surface area contributed by atoms with Gasteiger partial charge in [-0.05, 0) is 17.5 Å². The topological polar surface area (TPSA) is 50.4 Å². The fraction of sp³-hybridized carbons (Fsp3) is 0.500. The first-order valence-corrected chi connectivity index (χ1v) is 6.52. The third-order valence-corrected chi connectivity index (χ3v) is 3.68. The van der Waals surface area contributed by atoms with E-state index in [0.29, 0.717) is 6.54 Å². The predicted octanol–water partition coefficient (Wildman–Crippen LogP) is 0.431. The Morgan fingerprint density at radius 3 is 3.11 bits per heavy atom. The number of hydrogen-bond acceptors (Lipinski definition) is 3. The summed E-state index contributed by atoms with van der Waals surface area (Å²) in [4.78, 5) is 12.0. The summed E-state index contributed by atoms with van der Waals surface area (Å²) in [7, 11) is 0. The van der Waals surface area contributed by atoms with Gasteiger partial charge in [0, 0.05) is 19.6 Å². The minimum Gasteiger partial charge on any atom is -0.374 e. The fourth-order valence-corrected chi connectivity index (χ4v) is 2.58. The summed E-state index contributed by atoms with van der Waals surface area (Å²) >= 11 is 0. The Balaban J connectivity index is 1.51. The van der Waals surface area contributed by atoms with Crippen molar-refractivity contribution in [3.63, 3.8) is 0 Å². The zero-order valence-corrected chi connectivity index (χ0v) is 10.3. The second kappa shape index (κ2) is 5.08. The summed E-state index contributed by atoms with van der Waals surface area (Å²) in [5, 5.41) is 6.25. The van der Waals surface area contributed by atoms with Crippen LogP contribution >= 0.6 is 0 Å². The van der Waals surface area contributed by atoms with Crippen molar-refractivity contribution in [2.45, 2.75) is 18.4 Å². The molecule has 18 heavy (non-hydrogen) atoms. The van der Waals surface area contributed by atoms with Gasteiger partial charge in [0.05, 0.1) is 18.6 Å². The molecule has 3 rings (SSSR count). The minimum atomic E-state index is 0.0396. The molecule has 4 nitrogen and oxygen atoms in total. The number of morpholine rings is 1. The molecule has 0 radical (unpaired) electrons. The van der Waals surface area contributed by atoms with Crippen LogP contribution in [0.5, 0.6) is 0 Å². The number of carbonyl (C=O) groups excluding carboxylic acids is 1. The number of rotatable bonds is 3. The molecule has 1 aliphatic carbocycles. The predicted molar refractivity (Wildman–Crippen MR) is 68.5 cm³/mol. The number of fused-ring (bicyclic) bond motifs is 1. The highest BCUT2D eigenvalue weighted by Gasteiger charge is 2.31. The molecule has 1 heterocycles. The summed E-state index contributed by atoms with van der Waals surface area (Å²) in [5.74, 6) is 0.167. The lowest BCUT2D eigenvalue weighted by Crippen LogP contribution is -2.46. The molecule has 0 bridgehead atoms. The molecule has 4 heteroatoms. The van der Waals surface area contributed by atoms with Crippen LogP contribution in [0.4, 0.5) is 0 Å². The van der Waals surface area contributed by atoms with E-state index in [1.165, 1.54) is 11.1 Å². The van der Waals surface area contributed by atoms with Gasteiger partial charge < -0.3 is 15.4 Å². The van der Waals surface area contributed by atoms with Crippen molar-refractivity contribution < 1.29 is 9.53 Å². The van der Waals surface area contributed by atoms with Gasteiger partial charge in [0.2, 0.25) is 5.91 Å². The van der Waals surface area contributed by atoms with Crippen LogP contribution in [0.15, 0.2) is 24.3 Å². The molecule has 1 saturated heterocycles. The molecule has 0 spiro atoms. The summed E-state index contributed by atoms with van der Waals surface area (Å²) in [5.41, 5.74) is 2.48. The monoisotopic (exact) mass is 246 g/mol. The van der Waals surface area contributed by atoms with Crippen LogP contribution in [0, 0.1) is 0 Å². The maximum absolute atomic E-state index is 12.0. The van der Waals surface area contributed by atoms with Gasteiger partial charge in [-0.2, -0.15) is 0 Å². The highest BCUT2D eigenvalue weighted by atomic mass is 16.5. The number of carbonyl (C=O) groups is 1. The Morgan fingerprint density at radius 1 is 1.44 bits per heavy atom. The van der Waals surface area contributed by atoms with Gasteiger partial charge in [-0.15, -0.1) is 0 Å². The highest BCUT2D eigenvalue weighted by molar-refractivity contribution is 5.86. The maximum Gasteiger partial charge on any atom is 0.227 e. The molecule has 2 N–H and O–H groups in total. The second-order valence-electron chi connectivity index (χ2n) is 4.90. The fourth-order valence-electron chi connectivity index (χ4n) is 2.58. The Hall–Kier alpha value is -1.39. The molecule has 2 aliphatic rings. The largest absolute Gasteiger partial charge is 0.374 e. The molecular weight excluding hydrogens is 228 g/mol. The highest BCUT2D eigenvalue weighted by Crippen LogP contribution is 2.34. The first-order valence-electron chi connectivity index (χ1n) is 6.52. The molecule has 1 amide bonds. The van der Waals surface area contributed by atoms with Crippen molar-refractivity contribution in [3.8, 4) is 0 Å². The van der Waals surface area contributed by atoms with Crippen molar-refractivity contribution in [1.29, 1.82) is 0 Å². The SMILES string of the molecule is O=C(NCC1CNCCO1)C1Cc2ccccc21. The summed E-state index contributed by atoms with van der Waals surface area (Å²) in [6, 6.07) is 8.15. The zero-order valence-electron chi connectivity index (χ0n) is 10.3. The van der Waals surface area contributed by atoms with E-state index in [0.717, 1.165) is 26.1 Å². The molecule has 1 aromatic carbocycles. The van der Waals surface area contributed by atoms with Crippen LogP contribution in [0.25, 0.3) is 0 Å². The first-order chi connectivity index (χ1) is 8.84. The maximum atomic E-state index is 12.0. The van der Waals surface area contributed by atoms with Crippen molar-refractivity contribution in [2.75, 3.05) is 26.2 Å². The van der Waals surface area contributed by atoms with E-state index in [4.69, 9.17) is 4.74 Å². The number of hydrogen-bond donors (Lipinski definition) is 2. The van der Waals surface area contributed by atoms with E-state index in [1.54, 1.807) is 0 Å². The molecule has 2 atom stereocenters. The minimum absolute atomic E-state index is 0.0396. The van der Waals surface area contributed by atoms with Crippen LogP contribution in [0.1, 0.15) is 17.0 Å². The van der Waals surface area contributed by atoms with Crippen molar-refractivity contribution >= 4 is 5.91 Å². The lowest BCUT2D eigenvalue weighted by molar-refractivity contribution is -0.123. The molecule has 1 aromatic rings. The van der Waals surface area contributed by atoms with Gasteiger partial charge in [0.15, 0.2) is 0 Å². The van der Waals surface area contributed by atoms with Gasteiger partial charge >= 0.3 is 0 Å².